The van der Waals surface area contributed by atoms with Crippen molar-refractivity contribution in [1.82, 2.24) is 9.13 Å². The van der Waals surface area contributed by atoms with Crippen molar-refractivity contribution in [1.29, 1.82) is 0 Å². The number of rotatable bonds is 5. The maximum atomic E-state index is 2.37. The molecule has 0 aliphatic carbocycles. The van der Waals surface area contributed by atoms with Gasteiger partial charge in [-0.1, -0.05) is 109 Å². The van der Waals surface area contributed by atoms with Crippen molar-refractivity contribution in [2.75, 3.05) is 0 Å². The van der Waals surface area contributed by atoms with Gasteiger partial charge in [-0.15, -0.1) is 82.2 Å². The van der Waals surface area contributed by atoms with Gasteiger partial charge in [0.1, 0.15) is 0 Å². The zero-order valence-corrected chi connectivity index (χ0v) is 34.6. The van der Waals surface area contributed by atoms with Crippen molar-refractivity contribution in [2.24, 2.45) is 0 Å². The summed E-state index contributed by atoms with van der Waals surface area (Å²) >= 11 is 0. The van der Waals surface area contributed by atoms with Crippen molar-refractivity contribution >= 4 is 43.4 Å². The third-order valence-corrected chi connectivity index (χ3v) is 11.0. The van der Waals surface area contributed by atoms with E-state index in [1.165, 1.54) is 88.4 Å². The van der Waals surface area contributed by atoms with Gasteiger partial charge in [-0.05, 0) is 86.3 Å². The van der Waals surface area contributed by atoms with Crippen LogP contribution in [0.3, 0.4) is 0 Å². The van der Waals surface area contributed by atoms with Crippen molar-refractivity contribution in [3.05, 3.63) is 216 Å². The molecule has 0 unspecified atom stereocenters. The molecule has 2 heterocycles. The Balaban J connectivity index is 0.000000128. The summed E-state index contributed by atoms with van der Waals surface area (Å²) in [5, 5.41) is 7.90. The minimum Gasteiger partial charge on any atom is -0.332 e. The Morgan fingerprint density at radius 2 is 0.745 bits per heavy atom. The van der Waals surface area contributed by atoms with Crippen LogP contribution in [-0.2, 0) is 39.0 Å². The van der Waals surface area contributed by atoms with Gasteiger partial charge < -0.3 is 9.13 Å². The van der Waals surface area contributed by atoms with E-state index in [0.717, 1.165) is 12.8 Å². The molecular weight excluding hydrogens is 744 g/mol. The second kappa shape index (κ2) is 16.9. The van der Waals surface area contributed by atoms with E-state index in [9.17, 15) is 0 Å². The zero-order valence-electron chi connectivity index (χ0n) is 32.1. The molecule has 0 N–H and O–H groups in total. The van der Waals surface area contributed by atoms with Gasteiger partial charge in [-0.25, -0.2) is 0 Å². The Morgan fingerprint density at radius 1 is 0.400 bits per heavy atom. The van der Waals surface area contributed by atoms with Crippen LogP contribution in [0.4, 0.5) is 0 Å². The first-order chi connectivity index (χ1) is 26.5. The molecule has 0 bridgehead atoms. The van der Waals surface area contributed by atoms with Gasteiger partial charge in [-0.3, -0.25) is 0 Å². The van der Waals surface area contributed by atoms with Crippen LogP contribution in [0.5, 0.6) is 0 Å². The summed E-state index contributed by atoms with van der Waals surface area (Å²) in [4.78, 5) is 0. The second-order valence-electron chi connectivity index (χ2n) is 14.3. The van der Waals surface area contributed by atoms with E-state index >= 15 is 0 Å². The minimum atomic E-state index is 0. The predicted octanol–water partition coefficient (Wildman–Crippen LogP) is 13.7. The molecule has 0 saturated heterocycles. The van der Waals surface area contributed by atoms with Gasteiger partial charge >= 0.3 is 26.2 Å². The summed E-state index contributed by atoms with van der Waals surface area (Å²) in [5.41, 5.74) is 13.3. The van der Waals surface area contributed by atoms with Crippen LogP contribution < -0.4 is 0 Å². The van der Waals surface area contributed by atoms with Crippen LogP contribution >= 0.6 is 0 Å². The van der Waals surface area contributed by atoms with Gasteiger partial charge in [0, 0.05) is 22.2 Å². The topological polar surface area (TPSA) is 9.86 Å². The monoisotopic (exact) mass is 788 g/mol. The largest absolute Gasteiger partial charge is 2.00 e. The molecule has 10 aromatic rings. The first-order valence-corrected chi connectivity index (χ1v) is 19.0. The molecule has 55 heavy (non-hydrogen) atoms. The zero-order chi connectivity index (χ0) is 37.0. The molecular formula is C52H46N2Zr. The molecule has 3 heteroatoms. The maximum absolute atomic E-state index is 2.37. The van der Waals surface area contributed by atoms with Crippen LogP contribution in [-0.4, -0.2) is 9.13 Å². The summed E-state index contributed by atoms with van der Waals surface area (Å²) in [6, 6.07) is 64.7. The number of nitrogens with zero attached hydrogens (tertiary/aromatic N) is 2. The summed E-state index contributed by atoms with van der Waals surface area (Å²) in [7, 11) is 0. The van der Waals surface area contributed by atoms with Gasteiger partial charge in [0.15, 0.2) is 0 Å². The smallest absolute Gasteiger partial charge is 0.332 e. The maximum Gasteiger partial charge on any atom is 2.00 e. The molecule has 0 aliphatic rings. The molecule has 0 atom stereocenters. The van der Waals surface area contributed by atoms with Crippen LogP contribution in [0.15, 0.2) is 182 Å². The standard InChI is InChI=1S/2C19H16N.C14H14.Zr/c2*1-13-14(2)20(19-10-6-5-9-18(13)19)17-11-15-7-3-4-8-16(15)12-17;1-3-7-13(8-4-1)11-12-14-9-5-2-6-10-14;/h2*3-12H,1-2H3;1-10H,11-12H2;/q2*-1;;+2. The summed E-state index contributed by atoms with van der Waals surface area (Å²) in [5.74, 6) is 0. The average molecular weight is 790 g/mol. The normalized spacial score (nSPS) is 10.9. The van der Waals surface area contributed by atoms with Crippen molar-refractivity contribution in [3.63, 3.8) is 0 Å². The Labute approximate surface area is 344 Å². The Bertz CT molecular complexity index is 2550. The third-order valence-electron chi connectivity index (χ3n) is 11.0. The molecule has 10 rings (SSSR count). The quantitative estimate of drug-likeness (QED) is 0.154. The van der Waals surface area contributed by atoms with Crippen LogP contribution in [0.25, 0.3) is 54.7 Å². The molecule has 268 valence electrons. The van der Waals surface area contributed by atoms with E-state index < -0.39 is 0 Å². The van der Waals surface area contributed by atoms with Crippen molar-refractivity contribution in [3.8, 4) is 11.4 Å². The van der Waals surface area contributed by atoms with E-state index in [1.807, 2.05) is 0 Å². The second-order valence-corrected chi connectivity index (χ2v) is 14.3. The number of para-hydroxylation sites is 2. The molecule has 0 amide bonds. The molecule has 0 aliphatic heterocycles. The Kier molecular flexibility index (Phi) is 11.6. The number of fused-ring (bicyclic) bond motifs is 4. The molecule has 0 spiro atoms. The molecule has 0 saturated carbocycles. The first-order valence-electron chi connectivity index (χ1n) is 19.0. The number of hydrogen-bond acceptors (Lipinski definition) is 0. The van der Waals surface area contributed by atoms with E-state index in [0.29, 0.717) is 0 Å². The summed E-state index contributed by atoms with van der Waals surface area (Å²) in [6.45, 7) is 8.81. The third kappa shape index (κ3) is 7.86. The van der Waals surface area contributed by atoms with E-state index in [-0.39, 0.29) is 26.2 Å². The van der Waals surface area contributed by atoms with Crippen LogP contribution in [0.2, 0.25) is 0 Å². The first kappa shape index (κ1) is 37.8. The van der Waals surface area contributed by atoms with Gasteiger partial charge in [0.25, 0.3) is 0 Å². The molecule has 8 aromatic carbocycles. The number of benzene rings is 6. The Morgan fingerprint density at radius 3 is 1.15 bits per heavy atom. The molecule has 2 aromatic heterocycles. The van der Waals surface area contributed by atoms with E-state index in [2.05, 4.69) is 219 Å². The van der Waals surface area contributed by atoms with Crippen molar-refractivity contribution in [2.45, 2.75) is 40.5 Å². The van der Waals surface area contributed by atoms with Crippen molar-refractivity contribution < 1.29 is 26.2 Å². The number of hydrogen-bond donors (Lipinski definition) is 0. The number of aryl methyl sites for hydroxylation is 4. The fourth-order valence-electron chi connectivity index (χ4n) is 7.83. The van der Waals surface area contributed by atoms with E-state index in [1.54, 1.807) is 0 Å². The fraction of sp³-hybridized carbons (Fsp3) is 0.115. The minimum absolute atomic E-state index is 0. The average Bonchev–Trinajstić information content (AvgIpc) is 3.97. The van der Waals surface area contributed by atoms with Gasteiger partial charge in [-0.2, -0.15) is 0 Å². The molecule has 0 radical (unpaired) electrons. The van der Waals surface area contributed by atoms with Crippen LogP contribution in [0.1, 0.15) is 33.6 Å². The Hall–Kier alpha value is -5.50. The summed E-state index contributed by atoms with van der Waals surface area (Å²) < 4.78 is 4.73. The van der Waals surface area contributed by atoms with E-state index in [4.69, 9.17) is 0 Å². The predicted molar refractivity (Wildman–Crippen MR) is 232 cm³/mol. The SMILES string of the molecule is Cc1c(C)n(-c2cc3ccccc3[cH-]2)c2ccccc12.Cc1c(C)n(-c2cc3ccccc3[cH-]2)c2ccccc12.[Zr+2].c1ccc(CCc2ccccc2)cc1. The molecule has 2 nitrogen and oxygen atoms in total. The van der Waals surface area contributed by atoms with Gasteiger partial charge in [0.05, 0.1) is 11.0 Å². The van der Waals surface area contributed by atoms with Gasteiger partial charge in [0.2, 0.25) is 0 Å². The molecule has 0 fully saturated rings. The summed E-state index contributed by atoms with van der Waals surface area (Å²) in [6.07, 6.45) is 2.26. The fourth-order valence-corrected chi connectivity index (χ4v) is 7.83. The number of aromatic nitrogens is 2. The van der Waals surface area contributed by atoms with Crippen LogP contribution in [0, 0.1) is 27.7 Å².